The van der Waals surface area contributed by atoms with E-state index in [1.54, 1.807) is 6.07 Å². The average molecular weight is 360 g/mol. The maximum absolute atomic E-state index is 13.0. The molecule has 1 N–H and O–H groups in total. The quantitative estimate of drug-likeness (QED) is 0.891. The van der Waals surface area contributed by atoms with Crippen molar-refractivity contribution in [1.82, 2.24) is 15.5 Å². The molecule has 0 radical (unpaired) electrons. The first-order valence-corrected chi connectivity index (χ1v) is 7.65. The van der Waals surface area contributed by atoms with Gasteiger partial charge in [-0.05, 0) is 54.9 Å². The van der Waals surface area contributed by atoms with Gasteiger partial charge in [-0.3, -0.25) is 0 Å². The third kappa shape index (κ3) is 4.50. The fourth-order valence-electron chi connectivity index (χ4n) is 1.34. The van der Waals surface area contributed by atoms with Crippen LogP contribution >= 0.6 is 27.3 Å². The highest BCUT2D eigenvalue weighted by Gasteiger charge is 2.12. The highest BCUT2D eigenvalue weighted by atomic mass is 79.9. The van der Waals surface area contributed by atoms with Gasteiger partial charge in [0, 0.05) is 5.54 Å². The van der Waals surface area contributed by atoms with Gasteiger partial charge in [0.15, 0.2) is 0 Å². The minimum absolute atomic E-state index is 0.0205. The summed E-state index contributed by atoms with van der Waals surface area (Å²) in [5.41, 5.74) is 0.0205. The number of hydrogen-bond acceptors (Lipinski definition) is 5. The number of nitrogens with zero attached hydrogens (tertiary/aromatic N) is 2. The second-order valence-electron chi connectivity index (χ2n) is 5.24. The normalized spacial score (nSPS) is 11.7. The van der Waals surface area contributed by atoms with Crippen molar-refractivity contribution in [1.29, 1.82) is 0 Å². The predicted molar refractivity (Wildman–Crippen MR) is 80.7 cm³/mol. The van der Waals surface area contributed by atoms with Gasteiger partial charge in [-0.15, -0.1) is 5.10 Å². The molecule has 2 aromatic rings. The summed E-state index contributed by atoms with van der Waals surface area (Å²) in [5.74, 6) is 0.189. The number of hydrogen-bond donors (Lipinski definition) is 1. The van der Waals surface area contributed by atoms with E-state index < -0.39 is 0 Å². The largest absolute Gasteiger partial charge is 0.429 e. The van der Waals surface area contributed by atoms with Crippen molar-refractivity contribution in [2.45, 2.75) is 32.9 Å². The second-order valence-corrected chi connectivity index (χ2v) is 7.12. The minimum atomic E-state index is -0.323. The zero-order valence-corrected chi connectivity index (χ0v) is 13.8. The van der Waals surface area contributed by atoms with E-state index in [4.69, 9.17) is 4.74 Å². The Labute approximate surface area is 129 Å². The zero-order chi connectivity index (χ0) is 14.8. The lowest BCUT2D eigenvalue weighted by Gasteiger charge is -2.19. The first-order valence-electron chi connectivity index (χ1n) is 6.04. The van der Waals surface area contributed by atoms with E-state index in [-0.39, 0.29) is 11.4 Å². The topological polar surface area (TPSA) is 47.0 Å². The summed E-state index contributed by atoms with van der Waals surface area (Å²) < 4.78 is 19.1. The van der Waals surface area contributed by atoms with Gasteiger partial charge >= 0.3 is 0 Å². The molecular formula is C13H15BrFN3OS. The van der Waals surface area contributed by atoms with E-state index in [1.807, 2.05) is 0 Å². The Bertz CT molecular complexity index is 598. The van der Waals surface area contributed by atoms with E-state index >= 15 is 0 Å². The summed E-state index contributed by atoms with van der Waals surface area (Å²) in [7, 11) is 0. The maximum Gasteiger partial charge on any atom is 0.299 e. The Morgan fingerprint density at radius 2 is 2.10 bits per heavy atom. The third-order valence-corrected chi connectivity index (χ3v) is 3.73. The lowest BCUT2D eigenvalue weighted by Crippen LogP contribution is -2.35. The summed E-state index contributed by atoms with van der Waals surface area (Å²) in [6.07, 6.45) is 0. The van der Waals surface area contributed by atoms with Crippen LogP contribution in [0.1, 0.15) is 25.8 Å². The van der Waals surface area contributed by atoms with E-state index in [1.165, 1.54) is 23.5 Å². The molecule has 20 heavy (non-hydrogen) atoms. The molecule has 0 fully saturated rings. The van der Waals surface area contributed by atoms with Gasteiger partial charge < -0.3 is 10.1 Å². The predicted octanol–water partition coefficient (Wildman–Crippen LogP) is 4.12. The SMILES string of the molecule is CC(C)(C)NCc1nnc(Oc2ccc(F)cc2Br)s1. The van der Waals surface area contributed by atoms with Gasteiger partial charge in [0.1, 0.15) is 16.6 Å². The van der Waals surface area contributed by atoms with Crippen molar-refractivity contribution >= 4 is 27.3 Å². The molecule has 0 aliphatic rings. The number of rotatable bonds is 4. The van der Waals surface area contributed by atoms with Gasteiger partial charge in [-0.2, -0.15) is 0 Å². The Balaban J connectivity index is 2.02. The molecule has 0 spiro atoms. The summed E-state index contributed by atoms with van der Waals surface area (Å²) >= 11 is 4.61. The lowest BCUT2D eigenvalue weighted by atomic mass is 10.1. The lowest BCUT2D eigenvalue weighted by molar-refractivity contribution is 0.422. The Hall–Kier alpha value is -1.05. The van der Waals surface area contributed by atoms with Gasteiger partial charge in [-0.1, -0.05) is 16.4 Å². The monoisotopic (exact) mass is 359 g/mol. The highest BCUT2D eigenvalue weighted by Crippen LogP contribution is 2.31. The van der Waals surface area contributed by atoms with Crippen molar-refractivity contribution < 1.29 is 9.13 Å². The van der Waals surface area contributed by atoms with Crippen molar-refractivity contribution in [3.63, 3.8) is 0 Å². The van der Waals surface area contributed by atoms with Gasteiger partial charge in [0.25, 0.3) is 5.19 Å². The highest BCUT2D eigenvalue weighted by molar-refractivity contribution is 9.10. The van der Waals surface area contributed by atoms with Crippen molar-refractivity contribution in [3.8, 4) is 10.9 Å². The van der Waals surface area contributed by atoms with Crippen LogP contribution < -0.4 is 10.1 Å². The number of benzene rings is 1. The van der Waals surface area contributed by atoms with Crippen molar-refractivity contribution in [2.24, 2.45) is 0 Å². The molecule has 0 amide bonds. The number of nitrogens with one attached hydrogen (secondary N) is 1. The number of ether oxygens (including phenoxy) is 1. The molecule has 4 nitrogen and oxygen atoms in total. The van der Waals surface area contributed by atoms with Crippen LogP contribution in [0.3, 0.4) is 0 Å². The molecule has 0 aliphatic heterocycles. The van der Waals surface area contributed by atoms with E-state index in [0.717, 1.165) is 5.01 Å². The first kappa shape index (κ1) is 15.3. The zero-order valence-electron chi connectivity index (χ0n) is 11.4. The van der Waals surface area contributed by atoms with Crippen LogP contribution in [0.15, 0.2) is 22.7 Å². The molecule has 1 aromatic carbocycles. The Morgan fingerprint density at radius 3 is 2.75 bits per heavy atom. The van der Waals surface area contributed by atoms with Crippen LogP contribution in [-0.4, -0.2) is 15.7 Å². The van der Waals surface area contributed by atoms with Crippen LogP contribution in [0.4, 0.5) is 4.39 Å². The molecule has 1 aromatic heterocycles. The third-order valence-electron chi connectivity index (χ3n) is 2.31. The maximum atomic E-state index is 13.0. The molecule has 0 aliphatic carbocycles. The standard InChI is InChI=1S/C13H15BrFN3OS/c1-13(2,3)16-7-11-17-18-12(20-11)19-10-5-4-8(15)6-9(10)14/h4-6,16H,7H2,1-3H3. The van der Waals surface area contributed by atoms with Crippen molar-refractivity contribution in [3.05, 3.63) is 33.5 Å². The van der Waals surface area contributed by atoms with E-state index in [9.17, 15) is 4.39 Å². The molecule has 0 unspecified atom stereocenters. The van der Waals surface area contributed by atoms with Crippen LogP contribution in [0, 0.1) is 5.82 Å². The molecule has 0 atom stereocenters. The second kappa shape index (κ2) is 6.15. The molecular weight excluding hydrogens is 345 g/mol. The van der Waals surface area contributed by atoms with Gasteiger partial charge in [0.2, 0.25) is 0 Å². The fourth-order valence-corrected chi connectivity index (χ4v) is 2.42. The van der Waals surface area contributed by atoms with Crippen molar-refractivity contribution in [2.75, 3.05) is 0 Å². The smallest absolute Gasteiger partial charge is 0.299 e. The Kier molecular flexibility index (Phi) is 4.72. The van der Waals surface area contributed by atoms with Crippen LogP contribution in [0.25, 0.3) is 0 Å². The first-order chi connectivity index (χ1) is 9.33. The van der Waals surface area contributed by atoms with Crippen LogP contribution in [0.5, 0.6) is 10.9 Å². The van der Waals surface area contributed by atoms with Gasteiger partial charge in [-0.25, -0.2) is 4.39 Å². The minimum Gasteiger partial charge on any atom is -0.429 e. The number of halogens is 2. The summed E-state index contributed by atoms with van der Waals surface area (Å²) in [5, 5.41) is 12.6. The molecule has 7 heteroatoms. The fraction of sp³-hybridized carbons (Fsp3) is 0.385. The molecule has 0 bridgehead atoms. The number of aromatic nitrogens is 2. The van der Waals surface area contributed by atoms with Crippen LogP contribution in [-0.2, 0) is 6.54 Å². The van der Waals surface area contributed by atoms with Crippen LogP contribution in [0.2, 0.25) is 0 Å². The van der Waals surface area contributed by atoms with Gasteiger partial charge in [0.05, 0.1) is 11.0 Å². The molecule has 108 valence electrons. The Morgan fingerprint density at radius 1 is 1.35 bits per heavy atom. The van der Waals surface area contributed by atoms with E-state index in [0.29, 0.717) is 22.0 Å². The summed E-state index contributed by atoms with van der Waals surface area (Å²) in [6, 6.07) is 4.23. The molecule has 0 saturated carbocycles. The molecule has 1 heterocycles. The molecule has 2 rings (SSSR count). The average Bonchev–Trinajstić information content (AvgIpc) is 2.77. The van der Waals surface area contributed by atoms with E-state index in [2.05, 4.69) is 52.2 Å². The summed E-state index contributed by atoms with van der Waals surface area (Å²) in [4.78, 5) is 0. The molecule has 0 saturated heterocycles. The summed E-state index contributed by atoms with van der Waals surface area (Å²) in [6.45, 7) is 6.89.